The van der Waals surface area contributed by atoms with Gasteiger partial charge in [0.25, 0.3) is 5.91 Å². The number of methoxy groups -OCH3 is 1. The fourth-order valence-corrected chi connectivity index (χ4v) is 2.91. The van der Waals surface area contributed by atoms with Gasteiger partial charge in [-0.3, -0.25) is 9.48 Å². The third-order valence-electron chi connectivity index (χ3n) is 4.27. The molecule has 0 aliphatic heterocycles. The maximum absolute atomic E-state index is 12.7. The number of hydrogen-bond donors (Lipinski definition) is 0. The fraction of sp³-hybridized carbons (Fsp3) is 0.238. The highest BCUT2D eigenvalue weighted by atomic mass is 19.3. The van der Waals surface area contributed by atoms with Crippen LogP contribution in [0.1, 0.15) is 21.5 Å². The minimum absolute atomic E-state index is 0.0697. The van der Waals surface area contributed by atoms with Crippen molar-refractivity contribution in [3.8, 4) is 11.5 Å². The molecule has 29 heavy (non-hydrogen) atoms. The summed E-state index contributed by atoms with van der Waals surface area (Å²) in [5.41, 5.74) is 2.31. The SMILES string of the molecule is COc1cc(C(=O)N(C)Cc2cnn(Cc3ccccc3)c2)ccc1OC(F)F. The number of halogens is 2. The van der Waals surface area contributed by atoms with Gasteiger partial charge in [0.1, 0.15) is 0 Å². The van der Waals surface area contributed by atoms with Crippen LogP contribution in [-0.2, 0) is 13.1 Å². The average Bonchev–Trinajstić information content (AvgIpc) is 3.14. The van der Waals surface area contributed by atoms with Crippen LogP contribution in [0.25, 0.3) is 0 Å². The van der Waals surface area contributed by atoms with Gasteiger partial charge in [0, 0.05) is 30.9 Å². The number of rotatable bonds is 8. The van der Waals surface area contributed by atoms with Crippen LogP contribution in [0.5, 0.6) is 11.5 Å². The Morgan fingerprint density at radius 3 is 2.59 bits per heavy atom. The standard InChI is InChI=1S/C21H21F2N3O3/c1-25(12-16-11-24-26(14-16)13-15-6-4-3-5-7-15)20(27)17-8-9-18(29-21(22)23)19(10-17)28-2/h3-11,14,21H,12-13H2,1-2H3. The Kier molecular flexibility index (Phi) is 6.43. The number of alkyl halides is 2. The molecule has 1 aromatic heterocycles. The van der Waals surface area contributed by atoms with Crippen molar-refractivity contribution in [1.82, 2.24) is 14.7 Å². The van der Waals surface area contributed by atoms with Gasteiger partial charge >= 0.3 is 6.61 Å². The van der Waals surface area contributed by atoms with E-state index in [-0.39, 0.29) is 17.4 Å². The Hall–Kier alpha value is -3.42. The van der Waals surface area contributed by atoms with Gasteiger partial charge in [0.15, 0.2) is 11.5 Å². The molecule has 8 heteroatoms. The number of hydrogen-bond acceptors (Lipinski definition) is 4. The summed E-state index contributed by atoms with van der Waals surface area (Å²) in [6.45, 7) is -1.98. The molecule has 6 nitrogen and oxygen atoms in total. The summed E-state index contributed by atoms with van der Waals surface area (Å²) in [5, 5.41) is 4.33. The van der Waals surface area contributed by atoms with E-state index in [1.54, 1.807) is 13.2 Å². The zero-order valence-corrected chi connectivity index (χ0v) is 16.1. The molecule has 0 fully saturated rings. The van der Waals surface area contributed by atoms with E-state index in [2.05, 4.69) is 9.84 Å². The molecule has 3 aromatic rings. The van der Waals surface area contributed by atoms with Gasteiger partial charge in [0.2, 0.25) is 0 Å². The van der Waals surface area contributed by atoms with E-state index in [0.717, 1.165) is 11.1 Å². The molecule has 1 heterocycles. The zero-order chi connectivity index (χ0) is 20.8. The quantitative estimate of drug-likeness (QED) is 0.576. The largest absolute Gasteiger partial charge is 0.493 e. The molecule has 0 saturated carbocycles. The molecule has 1 amide bonds. The maximum atomic E-state index is 12.7. The lowest BCUT2D eigenvalue weighted by molar-refractivity contribution is -0.0512. The third kappa shape index (κ3) is 5.31. The van der Waals surface area contributed by atoms with Crippen LogP contribution in [-0.4, -0.2) is 41.4 Å². The molecule has 0 N–H and O–H groups in total. The molecule has 0 unspecified atom stereocenters. The molecular formula is C21H21F2N3O3. The highest BCUT2D eigenvalue weighted by Gasteiger charge is 2.17. The van der Waals surface area contributed by atoms with E-state index in [1.165, 1.54) is 30.2 Å². The maximum Gasteiger partial charge on any atom is 0.387 e. The van der Waals surface area contributed by atoms with E-state index >= 15 is 0 Å². The van der Waals surface area contributed by atoms with E-state index in [1.807, 2.05) is 41.2 Å². The molecule has 3 rings (SSSR count). The fourth-order valence-electron chi connectivity index (χ4n) is 2.91. The van der Waals surface area contributed by atoms with E-state index in [0.29, 0.717) is 18.7 Å². The Labute approximate surface area is 167 Å². The number of aromatic nitrogens is 2. The first kappa shape index (κ1) is 20.3. The van der Waals surface area contributed by atoms with Gasteiger partial charge < -0.3 is 14.4 Å². The molecule has 0 atom stereocenters. The molecule has 0 aliphatic rings. The second kappa shape index (κ2) is 9.18. The van der Waals surface area contributed by atoms with Crippen LogP contribution in [0.4, 0.5) is 8.78 Å². The normalized spacial score (nSPS) is 10.8. The van der Waals surface area contributed by atoms with Crippen molar-refractivity contribution < 1.29 is 23.0 Å². The van der Waals surface area contributed by atoms with Crippen molar-refractivity contribution >= 4 is 5.91 Å². The molecule has 152 valence electrons. The second-order valence-electron chi connectivity index (χ2n) is 6.44. The number of benzene rings is 2. The first-order valence-electron chi connectivity index (χ1n) is 8.90. The lowest BCUT2D eigenvalue weighted by atomic mass is 10.1. The third-order valence-corrected chi connectivity index (χ3v) is 4.27. The summed E-state index contributed by atoms with van der Waals surface area (Å²) in [6.07, 6.45) is 3.60. The lowest BCUT2D eigenvalue weighted by Gasteiger charge is -2.17. The number of carbonyl (C=O) groups excluding carboxylic acids is 1. The van der Waals surface area contributed by atoms with Crippen LogP contribution in [0.3, 0.4) is 0 Å². The predicted octanol–water partition coefficient (Wildman–Crippen LogP) is 3.81. The van der Waals surface area contributed by atoms with Crippen molar-refractivity contribution in [2.75, 3.05) is 14.2 Å². The predicted molar refractivity (Wildman–Crippen MR) is 103 cm³/mol. The van der Waals surface area contributed by atoms with Gasteiger partial charge in [-0.05, 0) is 23.8 Å². The van der Waals surface area contributed by atoms with Crippen molar-refractivity contribution in [3.63, 3.8) is 0 Å². The number of amides is 1. The van der Waals surface area contributed by atoms with Gasteiger partial charge in [-0.2, -0.15) is 13.9 Å². The minimum Gasteiger partial charge on any atom is -0.493 e. The number of nitrogens with zero attached hydrogens (tertiary/aromatic N) is 3. The van der Waals surface area contributed by atoms with Gasteiger partial charge in [-0.15, -0.1) is 0 Å². The summed E-state index contributed by atoms with van der Waals surface area (Å²) in [7, 11) is 2.99. The highest BCUT2D eigenvalue weighted by Crippen LogP contribution is 2.30. The Morgan fingerprint density at radius 1 is 1.14 bits per heavy atom. The highest BCUT2D eigenvalue weighted by molar-refractivity contribution is 5.94. The van der Waals surface area contributed by atoms with Crippen molar-refractivity contribution in [2.45, 2.75) is 19.7 Å². The van der Waals surface area contributed by atoms with Crippen molar-refractivity contribution in [3.05, 3.63) is 77.6 Å². The summed E-state index contributed by atoms with van der Waals surface area (Å²) in [4.78, 5) is 14.2. The van der Waals surface area contributed by atoms with Gasteiger partial charge in [-0.25, -0.2) is 0 Å². The molecule has 0 bridgehead atoms. The van der Waals surface area contributed by atoms with Crippen molar-refractivity contribution in [1.29, 1.82) is 0 Å². The monoisotopic (exact) mass is 401 g/mol. The molecule has 2 aromatic carbocycles. The molecule has 0 saturated heterocycles. The van der Waals surface area contributed by atoms with Crippen molar-refractivity contribution in [2.24, 2.45) is 0 Å². The molecular weight excluding hydrogens is 380 g/mol. The first-order chi connectivity index (χ1) is 14.0. The first-order valence-corrected chi connectivity index (χ1v) is 8.90. The second-order valence-corrected chi connectivity index (χ2v) is 6.44. The van der Waals surface area contributed by atoms with Crippen LogP contribution in [0, 0.1) is 0 Å². The number of ether oxygens (including phenoxy) is 2. The van der Waals surface area contributed by atoms with Gasteiger partial charge in [0.05, 0.1) is 19.9 Å². The summed E-state index contributed by atoms with van der Waals surface area (Å²) >= 11 is 0. The van der Waals surface area contributed by atoms with Crippen LogP contribution < -0.4 is 9.47 Å². The molecule has 0 aliphatic carbocycles. The number of carbonyl (C=O) groups is 1. The zero-order valence-electron chi connectivity index (χ0n) is 16.1. The van der Waals surface area contributed by atoms with Gasteiger partial charge in [-0.1, -0.05) is 30.3 Å². The minimum atomic E-state index is -2.97. The lowest BCUT2D eigenvalue weighted by Crippen LogP contribution is -2.26. The summed E-state index contributed by atoms with van der Waals surface area (Å²) in [6, 6.07) is 14.0. The van der Waals surface area contributed by atoms with Crippen LogP contribution >= 0.6 is 0 Å². The summed E-state index contributed by atoms with van der Waals surface area (Å²) in [5.74, 6) is -0.327. The van der Waals surface area contributed by atoms with E-state index in [4.69, 9.17) is 4.74 Å². The average molecular weight is 401 g/mol. The smallest absolute Gasteiger partial charge is 0.387 e. The van der Waals surface area contributed by atoms with Crippen LogP contribution in [0.2, 0.25) is 0 Å². The van der Waals surface area contributed by atoms with E-state index in [9.17, 15) is 13.6 Å². The summed E-state index contributed by atoms with van der Waals surface area (Å²) < 4.78 is 36.1. The van der Waals surface area contributed by atoms with E-state index < -0.39 is 6.61 Å². The van der Waals surface area contributed by atoms with Crippen LogP contribution in [0.15, 0.2) is 60.9 Å². The Balaban J connectivity index is 1.66. The topological polar surface area (TPSA) is 56.6 Å². The molecule has 0 spiro atoms. The Morgan fingerprint density at radius 2 is 1.90 bits per heavy atom. The molecule has 0 radical (unpaired) electrons. The Bertz CT molecular complexity index is 961.